The summed E-state index contributed by atoms with van der Waals surface area (Å²) in [6, 6.07) is 0. The van der Waals surface area contributed by atoms with Crippen LogP contribution in [0.1, 0.15) is 6.42 Å². The maximum absolute atomic E-state index is 10.7. The molecule has 1 rings (SSSR count). The summed E-state index contributed by atoms with van der Waals surface area (Å²) < 4.78 is 42.0. The first-order valence-corrected chi connectivity index (χ1v) is 7.29. The summed E-state index contributed by atoms with van der Waals surface area (Å²) in [6.45, 7) is 0.463. The molecule has 0 aliphatic carbocycles. The average Bonchev–Trinajstić information content (AvgIpc) is 2.30. The van der Waals surface area contributed by atoms with Crippen molar-refractivity contribution >= 4 is 10.1 Å². The van der Waals surface area contributed by atoms with Gasteiger partial charge in [-0.2, -0.15) is 0 Å². The maximum atomic E-state index is 10.7. The first kappa shape index (κ1) is 20.7. The Hall–Kier alpha value is 0.670. The molecule has 1 heterocycles. The minimum atomic E-state index is -4.65. The molecule has 0 bridgehead atoms. The van der Waals surface area contributed by atoms with Gasteiger partial charge in [-0.25, -0.2) is 8.42 Å². The van der Waals surface area contributed by atoms with Crippen LogP contribution in [0.25, 0.3) is 0 Å². The predicted octanol–water partition coefficient (Wildman–Crippen LogP) is -6.29. The summed E-state index contributed by atoms with van der Waals surface area (Å²) in [5, 5.41) is 28.7. The first-order valence-electron chi connectivity index (χ1n) is 5.71. The van der Waals surface area contributed by atoms with Gasteiger partial charge in [0.05, 0.1) is 22.5 Å². The van der Waals surface area contributed by atoms with Gasteiger partial charge in [0.25, 0.3) is 0 Å². The molecule has 0 aromatic rings. The van der Waals surface area contributed by atoms with Crippen LogP contribution >= 0.6 is 0 Å². The van der Waals surface area contributed by atoms with E-state index in [9.17, 15) is 28.3 Å². The molecule has 114 valence electrons. The van der Waals surface area contributed by atoms with Crippen LogP contribution < -0.4 is 35.3 Å². The molecular weight excluding hydrogens is 305 g/mol. The number of hydrogen-bond donors (Lipinski definition) is 4. The molecule has 0 spiro atoms. The Morgan fingerprint density at radius 1 is 1.20 bits per heavy atom. The number of rotatable bonds is 6. The SMILES string of the molecule is NCCCOC1O[C@H](CS(=O)(=O)[O-])[C@@H](O)[C@H](O)[C@H]1O.[Na+]. The number of nitrogens with two attached hydrogens (primary N) is 1. The zero-order chi connectivity index (χ0) is 14.6. The van der Waals surface area contributed by atoms with Gasteiger partial charge in [0.1, 0.15) is 24.4 Å². The van der Waals surface area contributed by atoms with E-state index in [1.54, 1.807) is 0 Å². The van der Waals surface area contributed by atoms with Gasteiger partial charge in [0.2, 0.25) is 0 Å². The van der Waals surface area contributed by atoms with Crippen LogP contribution in [0.15, 0.2) is 0 Å². The summed E-state index contributed by atoms with van der Waals surface area (Å²) in [5.74, 6) is -1.02. The van der Waals surface area contributed by atoms with E-state index in [0.717, 1.165) is 0 Å². The third-order valence-electron chi connectivity index (χ3n) is 2.67. The van der Waals surface area contributed by atoms with Crippen molar-refractivity contribution in [2.45, 2.75) is 37.1 Å². The van der Waals surface area contributed by atoms with Gasteiger partial charge in [-0.05, 0) is 13.0 Å². The fourth-order valence-corrected chi connectivity index (χ4v) is 2.35. The van der Waals surface area contributed by atoms with Crippen LogP contribution in [0.4, 0.5) is 0 Å². The molecular formula is C9H18NNaO8S. The van der Waals surface area contributed by atoms with Crippen molar-refractivity contribution in [2.75, 3.05) is 18.9 Å². The van der Waals surface area contributed by atoms with E-state index in [2.05, 4.69) is 0 Å². The van der Waals surface area contributed by atoms with Gasteiger partial charge in [-0.1, -0.05) is 0 Å². The molecule has 0 aromatic carbocycles. The molecule has 9 nitrogen and oxygen atoms in total. The number of hydrogen-bond acceptors (Lipinski definition) is 9. The van der Waals surface area contributed by atoms with E-state index in [1.165, 1.54) is 0 Å². The molecule has 0 amide bonds. The zero-order valence-electron chi connectivity index (χ0n) is 11.1. The Labute approximate surface area is 139 Å². The van der Waals surface area contributed by atoms with E-state index in [4.69, 9.17) is 15.2 Å². The zero-order valence-corrected chi connectivity index (χ0v) is 13.9. The molecule has 1 unspecified atom stereocenters. The number of ether oxygens (including phenoxy) is 2. The standard InChI is InChI=1S/C9H19NO8S.Na/c10-2-1-3-17-9-8(13)7(12)6(11)5(18-9)4-19(14,15)16;/h5-9,11-13H,1-4,10H2,(H,14,15,16);/q;+1/p-1/t5-,6-,7+,8-,9?;/m1./s1. The molecule has 11 heteroatoms. The normalized spacial score (nSPS) is 34.5. The fraction of sp³-hybridized carbons (Fsp3) is 1.00. The van der Waals surface area contributed by atoms with Crippen LogP contribution in [0.2, 0.25) is 0 Å². The molecule has 0 saturated carbocycles. The van der Waals surface area contributed by atoms with Gasteiger partial charge in [-0.15, -0.1) is 0 Å². The Balaban J connectivity index is 0.00000361. The van der Waals surface area contributed by atoms with E-state index in [0.29, 0.717) is 13.0 Å². The third-order valence-corrected chi connectivity index (χ3v) is 3.40. The Morgan fingerprint density at radius 3 is 2.30 bits per heavy atom. The fourth-order valence-electron chi connectivity index (χ4n) is 1.68. The predicted molar refractivity (Wildman–Crippen MR) is 60.9 cm³/mol. The van der Waals surface area contributed by atoms with Crippen LogP contribution in [-0.2, 0) is 19.6 Å². The average molecular weight is 323 g/mol. The van der Waals surface area contributed by atoms with Crippen LogP contribution in [0, 0.1) is 0 Å². The molecule has 5 atom stereocenters. The third kappa shape index (κ3) is 6.20. The van der Waals surface area contributed by atoms with Crippen LogP contribution in [0.3, 0.4) is 0 Å². The van der Waals surface area contributed by atoms with Crippen molar-refractivity contribution in [3.63, 3.8) is 0 Å². The van der Waals surface area contributed by atoms with Crippen molar-refractivity contribution < 1.29 is 67.3 Å². The summed E-state index contributed by atoms with van der Waals surface area (Å²) in [6.07, 6.45) is -7.20. The smallest absolute Gasteiger partial charge is 0.748 e. The maximum Gasteiger partial charge on any atom is 1.00 e. The quantitative estimate of drug-likeness (QED) is 0.211. The van der Waals surface area contributed by atoms with E-state index in [1.807, 2.05) is 0 Å². The van der Waals surface area contributed by atoms with E-state index >= 15 is 0 Å². The monoisotopic (exact) mass is 323 g/mol. The minimum absolute atomic E-state index is 0. The second kappa shape index (κ2) is 8.96. The van der Waals surface area contributed by atoms with Crippen LogP contribution in [0.5, 0.6) is 0 Å². The topological polar surface area (TPSA) is 162 Å². The van der Waals surface area contributed by atoms with Crippen molar-refractivity contribution in [3.8, 4) is 0 Å². The number of aliphatic hydroxyl groups excluding tert-OH is 3. The summed E-state index contributed by atoms with van der Waals surface area (Å²) >= 11 is 0. The van der Waals surface area contributed by atoms with Crippen molar-refractivity contribution in [1.29, 1.82) is 0 Å². The largest absolute Gasteiger partial charge is 1.00 e. The molecule has 0 aromatic heterocycles. The Morgan fingerprint density at radius 2 is 1.80 bits per heavy atom. The first-order chi connectivity index (χ1) is 8.76. The molecule has 1 aliphatic rings. The van der Waals surface area contributed by atoms with E-state index < -0.39 is 46.6 Å². The second-order valence-electron chi connectivity index (χ2n) is 4.25. The summed E-state index contributed by atoms with van der Waals surface area (Å²) in [4.78, 5) is 0. The molecule has 1 saturated heterocycles. The molecule has 1 aliphatic heterocycles. The van der Waals surface area contributed by atoms with Crippen LogP contribution in [-0.4, -0.2) is 77.9 Å². The van der Waals surface area contributed by atoms with Crippen molar-refractivity contribution in [3.05, 3.63) is 0 Å². The Kier molecular flexibility index (Phi) is 9.26. The minimum Gasteiger partial charge on any atom is -0.748 e. The molecule has 0 radical (unpaired) electrons. The van der Waals surface area contributed by atoms with Crippen molar-refractivity contribution in [2.24, 2.45) is 5.73 Å². The molecule has 20 heavy (non-hydrogen) atoms. The van der Waals surface area contributed by atoms with Crippen molar-refractivity contribution in [1.82, 2.24) is 0 Å². The summed E-state index contributed by atoms with van der Waals surface area (Å²) in [7, 11) is -4.65. The number of aliphatic hydroxyl groups is 3. The molecule has 5 N–H and O–H groups in total. The van der Waals surface area contributed by atoms with Gasteiger partial charge in [0, 0.05) is 0 Å². The molecule has 1 fully saturated rings. The Bertz CT molecular complexity index is 380. The van der Waals surface area contributed by atoms with Gasteiger partial charge in [0.15, 0.2) is 6.29 Å². The second-order valence-corrected chi connectivity index (χ2v) is 5.70. The van der Waals surface area contributed by atoms with Gasteiger partial charge >= 0.3 is 29.6 Å². The van der Waals surface area contributed by atoms with Gasteiger partial charge < -0.3 is 35.1 Å². The summed E-state index contributed by atoms with van der Waals surface area (Å²) in [5.41, 5.74) is 5.25. The van der Waals surface area contributed by atoms with E-state index in [-0.39, 0.29) is 36.2 Å². The van der Waals surface area contributed by atoms with Gasteiger partial charge in [-0.3, -0.25) is 0 Å².